The van der Waals surface area contributed by atoms with Crippen LogP contribution in [0.4, 0.5) is 4.79 Å². The number of carbonyl (C=O) groups is 4. The number of methoxy groups -OCH3 is 1. The van der Waals surface area contributed by atoms with Gasteiger partial charge in [0.25, 0.3) is 29.5 Å². The van der Waals surface area contributed by atoms with Crippen LogP contribution >= 0.6 is 24.8 Å². The first kappa shape index (κ1) is 136. The lowest BCUT2D eigenvalue weighted by molar-refractivity contribution is -0.158. The second-order valence-electron chi connectivity index (χ2n) is 26.9. The summed E-state index contributed by atoms with van der Waals surface area (Å²) in [4.78, 5) is 57.9. The molecule has 10 rings (SSSR count). The first-order chi connectivity index (χ1) is 52.9. The minimum absolute atomic E-state index is 0. The van der Waals surface area contributed by atoms with E-state index < -0.39 is 51.6 Å². The second-order valence-corrected chi connectivity index (χ2v) is 26.9. The van der Waals surface area contributed by atoms with Gasteiger partial charge < -0.3 is 102 Å². The number of amides is 1. The molecule has 37 nitrogen and oxygen atoms in total. The summed E-state index contributed by atoms with van der Waals surface area (Å²) >= 11 is 0. The normalized spacial score (nSPS) is 10.2. The fraction of sp³-hybridized carbons (Fsp3) is 0.395. The van der Waals surface area contributed by atoms with Crippen LogP contribution in [0.15, 0.2) is 179 Å². The van der Waals surface area contributed by atoms with E-state index in [0.29, 0.717) is 76.3 Å². The molecule has 0 aliphatic rings. The summed E-state index contributed by atoms with van der Waals surface area (Å²) in [5, 5.41) is 122. The molecule has 0 radical (unpaired) electrons. The molecule has 0 unspecified atom stereocenters. The lowest BCUT2D eigenvalue weighted by atomic mass is 10.1. The SMILES string of the molecule is C.C.C.C.C.C.C.C.C.C.CC(=O)O.CC(C)(C)OC(=O)NCc1cccc(-c2noc(C(C)(C)O)n2)c1.CC(C)(O)c1nc(-c2cccc(/C=N/O)c2)no1.CC(C)(O)c1nc(-c2cccc(CN)c2)no1.CC(C)(O)c1nc(-c2cccc(CN)c2)no1.COC(=O)C(C)(C)O.Cl.Cl.N#Cc1cccc(C=O)c1.N/C(=N\O)c1cccc(/C=N/O)c1.NO. The van der Waals surface area contributed by atoms with Crippen LogP contribution in [0.25, 0.3) is 45.6 Å². The van der Waals surface area contributed by atoms with Crippen molar-refractivity contribution >= 4 is 67.4 Å². The minimum Gasteiger partial charge on any atom is -0.481 e. The van der Waals surface area contributed by atoms with E-state index in [0.717, 1.165) is 46.6 Å². The van der Waals surface area contributed by atoms with Crippen molar-refractivity contribution in [2.24, 2.45) is 38.6 Å². The van der Waals surface area contributed by atoms with E-state index in [4.69, 9.17) is 81.1 Å². The lowest BCUT2D eigenvalue weighted by Crippen LogP contribution is -2.32. The lowest BCUT2D eigenvalue weighted by Gasteiger charge is -2.19. The third-order valence-corrected chi connectivity index (χ3v) is 13.3. The number of benzene rings is 6. The maximum absolute atomic E-state index is 11.7. The number of alkyl carbamates (subject to hydrolysis) is 1. The number of esters is 1. The van der Waals surface area contributed by atoms with Gasteiger partial charge in [0, 0.05) is 59.9 Å². The molecule has 702 valence electrons. The number of oxime groups is 3. The average Bonchev–Trinajstić information content (AvgIpc) is 1.71. The highest BCUT2D eigenvalue weighted by atomic mass is 35.5. The van der Waals surface area contributed by atoms with Crippen LogP contribution in [0, 0.1) is 11.3 Å². The van der Waals surface area contributed by atoms with Crippen LogP contribution in [0.1, 0.15) is 244 Å². The van der Waals surface area contributed by atoms with Gasteiger partial charge in [-0.2, -0.15) is 25.2 Å². The van der Waals surface area contributed by atoms with Gasteiger partial charge in [0.15, 0.2) is 11.4 Å². The summed E-state index contributed by atoms with van der Waals surface area (Å²) in [5.41, 5.74) is 19.0. The Morgan fingerprint density at radius 3 is 1.07 bits per heavy atom. The number of hydrogen-bond acceptors (Lipinski definition) is 34. The van der Waals surface area contributed by atoms with Gasteiger partial charge in [0.2, 0.25) is 23.3 Å². The van der Waals surface area contributed by atoms with Crippen LogP contribution in [-0.2, 0) is 61.1 Å². The van der Waals surface area contributed by atoms with Gasteiger partial charge in [-0.3, -0.25) is 9.59 Å². The highest BCUT2D eigenvalue weighted by Crippen LogP contribution is 2.27. The Morgan fingerprint density at radius 1 is 0.488 bits per heavy atom. The Morgan fingerprint density at radius 2 is 0.792 bits per heavy atom. The number of aliphatic hydroxyl groups is 5. The molecule has 39 heteroatoms. The number of nitrogens with two attached hydrogens (primary N) is 4. The number of aldehydes is 1. The summed E-state index contributed by atoms with van der Waals surface area (Å²) in [7, 11) is 1.24. The predicted molar refractivity (Wildman–Crippen MR) is 492 cm³/mol. The van der Waals surface area contributed by atoms with E-state index in [2.05, 4.69) is 72.0 Å². The largest absolute Gasteiger partial charge is 0.481 e. The molecule has 0 atom stereocenters. The topological polar surface area (TPSA) is 622 Å². The van der Waals surface area contributed by atoms with Crippen LogP contribution in [0.5, 0.6) is 0 Å². The van der Waals surface area contributed by atoms with Gasteiger partial charge in [-0.1, -0.05) is 213 Å². The number of amidine groups is 1. The third kappa shape index (κ3) is 51.4. The van der Waals surface area contributed by atoms with Gasteiger partial charge in [0.1, 0.15) is 34.3 Å². The summed E-state index contributed by atoms with van der Waals surface area (Å²) in [6.07, 6.45) is 2.81. The Bertz CT molecular complexity index is 4630. The maximum Gasteiger partial charge on any atom is 0.407 e. The number of halogens is 2. The van der Waals surface area contributed by atoms with Crippen molar-refractivity contribution in [1.82, 2.24) is 45.9 Å². The molecule has 10 aromatic rings. The standard InChI is InChI=1S/C17H23N3O4.C12H13N3O3.2C12H15N3O2.C8H9N3O2.C8H5NO.C5H10O3.C2H4O2.10CH4.2ClH.H3NO/c1-16(2,3)23-15(21)18-10-11-7-6-8-12(9-11)13-19-14(24-20-13)17(4,5)22;1-12(2,16)11-14-10(15-18-11)9-5-3-4-8(6-9)7-13-17;2*1-12(2,16)11-14-10(15-17-11)9-5-3-4-8(6-9)7-13;9-8(11-13)7-3-1-2-6(4-7)5-10-12;9-5-7-2-1-3-8(4-7)6-10;1-5(2,7)4(6)8-3;1-2(3)4;;;;;;;;;;;;;1-2/h6-9,22H,10H2,1-5H3,(H,18,21);3-7,16-17H,1-2H3;2*3-6,16H,7,13H2,1-2H3;1-5,12-13H,(H2,9,11);1-4,6H;7H,1-3H3;1H3,(H,3,4);10*1H4;2*1H;2H,1H2/b;13-7+;;;10-5+;;;;;;;;;;;;;;;;. The van der Waals surface area contributed by atoms with Gasteiger partial charge >= 0.3 is 12.1 Å². The van der Waals surface area contributed by atoms with Gasteiger partial charge in [-0.25, -0.2) is 15.5 Å². The van der Waals surface area contributed by atoms with Crippen molar-refractivity contribution in [3.8, 4) is 51.6 Å². The molecule has 0 bridgehead atoms. The maximum atomic E-state index is 11.7. The van der Waals surface area contributed by atoms with Gasteiger partial charge in [-0.05, 0) is 160 Å². The molecular formula is C86H139Cl2N17O20. The average molecular weight is 1800 g/mol. The number of hydrogen-bond donors (Lipinski definition) is 15. The Hall–Kier alpha value is -12.3. The zero-order valence-electron chi connectivity index (χ0n) is 65.8. The summed E-state index contributed by atoms with van der Waals surface area (Å²) in [5.74, 6) is 4.44. The highest BCUT2D eigenvalue weighted by molar-refractivity contribution is 5.98. The monoisotopic (exact) mass is 1800 g/mol. The van der Waals surface area contributed by atoms with Crippen molar-refractivity contribution in [2.75, 3.05) is 7.11 Å². The molecule has 1 amide bonds. The highest BCUT2D eigenvalue weighted by Gasteiger charge is 2.29. The van der Waals surface area contributed by atoms with Crippen LogP contribution in [0.2, 0.25) is 0 Å². The first-order valence-electron chi connectivity index (χ1n) is 33.6. The van der Waals surface area contributed by atoms with Crippen molar-refractivity contribution in [3.05, 3.63) is 214 Å². The zero-order valence-corrected chi connectivity index (χ0v) is 67.4. The Labute approximate surface area is 748 Å². The second kappa shape index (κ2) is 65.4. The summed E-state index contributed by atoms with van der Waals surface area (Å²) in [6.45, 7) is 23.2. The minimum atomic E-state index is -1.35. The number of nitrogens with one attached hydrogen (secondary N) is 1. The number of rotatable bonds is 17. The number of carbonyl (C=O) groups excluding carboxylic acids is 3. The fourth-order valence-electron chi connectivity index (χ4n) is 8.00. The van der Waals surface area contributed by atoms with E-state index in [1.165, 1.54) is 33.4 Å². The molecule has 0 saturated carbocycles. The molecule has 0 aliphatic heterocycles. The smallest absolute Gasteiger partial charge is 0.407 e. The number of carboxylic acids is 1. The van der Waals surface area contributed by atoms with E-state index in [1.54, 1.807) is 128 Å². The van der Waals surface area contributed by atoms with Crippen molar-refractivity contribution in [3.63, 3.8) is 0 Å². The number of ether oxygens (including phenoxy) is 2. The first-order valence-corrected chi connectivity index (χ1v) is 33.6. The molecule has 125 heavy (non-hydrogen) atoms. The molecule has 19 N–H and O–H groups in total. The summed E-state index contributed by atoms with van der Waals surface area (Å²) < 4.78 is 29.5. The number of aliphatic carboxylic acids is 1. The van der Waals surface area contributed by atoms with Gasteiger partial charge in [-0.15, -0.1) is 24.8 Å². The number of nitrogens with zero attached hydrogens (tertiary/aromatic N) is 12. The van der Waals surface area contributed by atoms with Crippen LogP contribution < -0.4 is 28.4 Å². The molecule has 0 aliphatic carbocycles. The molecule has 4 heterocycles. The van der Waals surface area contributed by atoms with E-state index >= 15 is 0 Å². The van der Waals surface area contributed by atoms with Crippen molar-refractivity contribution in [2.45, 2.75) is 224 Å². The molecule has 6 aromatic carbocycles. The molecule has 4 aromatic heterocycles. The number of nitriles is 1. The Kier molecular flexibility index (Phi) is 71.1. The molecule has 0 spiro atoms. The van der Waals surface area contributed by atoms with E-state index in [1.807, 2.05) is 99.6 Å². The number of aromatic nitrogens is 8. The van der Waals surface area contributed by atoms with E-state index in [9.17, 15) is 34.8 Å². The van der Waals surface area contributed by atoms with Crippen molar-refractivity contribution < 1.29 is 98.2 Å². The summed E-state index contributed by atoms with van der Waals surface area (Å²) in [6, 6.07) is 44.9. The molecule has 0 saturated heterocycles. The number of carboxylic acid groups (broad SMARTS) is 1. The van der Waals surface area contributed by atoms with Crippen molar-refractivity contribution in [1.29, 1.82) is 5.26 Å². The Balaban J connectivity index is -0.000000134. The molecular weight excluding hydrogens is 1660 g/mol. The quantitative estimate of drug-likeness (QED) is 0.0101. The fourth-order valence-corrected chi connectivity index (χ4v) is 8.00. The van der Waals surface area contributed by atoms with Crippen LogP contribution in [0.3, 0.4) is 0 Å². The van der Waals surface area contributed by atoms with E-state index in [-0.39, 0.29) is 128 Å². The third-order valence-electron chi connectivity index (χ3n) is 13.3. The van der Waals surface area contributed by atoms with Gasteiger partial charge in [0.05, 0.1) is 31.2 Å². The predicted octanol–water partition coefficient (Wildman–Crippen LogP) is 16.1. The zero-order chi connectivity index (χ0) is 85.5. The van der Waals surface area contributed by atoms with Crippen LogP contribution in [-0.4, -0.2) is 153 Å². The molecule has 0 fully saturated rings.